The van der Waals surface area contributed by atoms with Crippen molar-refractivity contribution in [2.75, 3.05) is 0 Å². The first-order valence-electron chi connectivity index (χ1n) is 4.91. The average Bonchev–Trinajstić information content (AvgIpc) is 2.63. The van der Waals surface area contributed by atoms with Crippen molar-refractivity contribution in [3.8, 4) is 10.6 Å². The Labute approximate surface area is 93.5 Å². The van der Waals surface area contributed by atoms with Gasteiger partial charge in [0, 0.05) is 12.6 Å². The molecule has 0 atom stereocenters. The van der Waals surface area contributed by atoms with Gasteiger partial charge in [0.25, 0.3) is 0 Å². The van der Waals surface area contributed by atoms with Gasteiger partial charge in [0.2, 0.25) is 0 Å². The number of hydrogen-bond acceptors (Lipinski definition) is 3. The first-order valence-corrected chi connectivity index (χ1v) is 5.73. The van der Waals surface area contributed by atoms with Crippen LogP contribution < -0.4 is 4.80 Å². The largest absolute Gasteiger partial charge is 0.274 e. The summed E-state index contributed by atoms with van der Waals surface area (Å²) in [6, 6.07) is 9.91. The molecule has 2 rings (SSSR count). The minimum Gasteiger partial charge on any atom is -0.274 e. The first-order chi connectivity index (χ1) is 7.27. The predicted molar refractivity (Wildman–Crippen MR) is 63.7 cm³/mol. The highest BCUT2D eigenvalue weighted by Gasteiger charge is 2.02. The molecule has 80 valence electrons. The third-order valence-electron chi connectivity index (χ3n) is 1.75. The molecule has 1 N–H and O–H groups in total. The third-order valence-corrected chi connectivity index (χ3v) is 2.72. The summed E-state index contributed by atoms with van der Waals surface area (Å²) in [5.41, 5.74) is 1.07. The van der Waals surface area contributed by atoms with E-state index in [9.17, 15) is 0 Å². The second-order valence-electron chi connectivity index (χ2n) is 2.70. The van der Waals surface area contributed by atoms with Gasteiger partial charge in [0.05, 0.1) is 0 Å². The van der Waals surface area contributed by atoms with Crippen LogP contribution in [0.1, 0.15) is 13.8 Å². The van der Waals surface area contributed by atoms with E-state index in [1.54, 1.807) is 11.7 Å². The zero-order valence-electron chi connectivity index (χ0n) is 9.19. The Morgan fingerprint density at radius 1 is 1.20 bits per heavy atom. The van der Waals surface area contributed by atoms with Crippen molar-refractivity contribution in [3.05, 3.63) is 35.1 Å². The van der Waals surface area contributed by atoms with Crippen LogP contribution in [-0.2, 0) is 7.05 Å². The lowest BCUT2D eigenvalue weighted by Gasteiger charge is -1.91. The van der Waals surface area contributed by atoms with Gasteiger partial charge in [-0.25, -0.2) is 4.68 Å². The minimum atomic E-state index is 0.471. The predicted octanol–water partition coefficient (Wildman–Crippen LogP) is 2.65. The van der Waals surface area contributed by atoms with E-state index in [4.69, 9.17) is 5.41 Å². The topological polar surface area (TPSA) is 41.7 Å². The fourth-order valence-corrected chi connectivity index (χ4v) is 1.83. The summed E-state index contributed by atoms with van der Waals surface area (Å²) < 4.78 is 1.58. The lowest BCUT2D eigenvalue weighted by Crippen LogP contribution is -2.08. The van der Waals surface area contributed by atoms with E-state index < -0.39 is 0 Å². The summed E-state index contributed by atoms with van der Waals surface area (Å²) in [6.07, 6.45) is 0. The molecule has 3 nitrogen and oxygen atoms in total. The lowest BCUT2D eigenvalue weighted by molar-refractivity contribution is 0.723. The van der Waals surface area contributed by atoms with Crippen LogP contribution in [0.25, 0.3) is 10.6 Å². The van der Waals surface area contributed by atoms with Gasteiger partial charge in [-0.2, -0.15) is 5.10 Å². The molecule has 0 aliphatic carbocycles. The number of nitrogens with one attached hydrogen (secondary N) is 1. The highest BCUT2D eigenvalue weighted by Crippen LogP contribution is 2.17. The van der Waals surface area contributed by atoms with Gasteiger partial charge in [-0.05, 0) is 0 Å². The number of nitrogens with zero attached hydrogens (tertiary/aromatic N) is 2. The molecule has 0 saturated heterocycles. The summed E-state index contributed by atoms with van der Waals surface area (Å²) in [5, 5.41) is 12.6. The molecule has 0 unspecified atom stereocenters. The minimum absolute atomic E-state index is 0.471. The second kappa shape index (κ2) is 5.46. The van der Waals surface area contributed by atoms with Gasteiger partial charge in [0.1, 0.15) is 5.01 Å². The molecule has 15 heavy (non-hydrogen) atoms. The quantitative estimate of drug-likeness (QED) is 0.790. The van der Waals surface area contributed by atoms with Gasteiger partial charge in [-0.3, -0.25) is 5.41 Å². The van der Waals surface area contributed by atoms with Gasteiger partial charge in [-0.1, -0.05) is 55.5 Å². The van der Waals surface area contributed by atoms with Crippen LogP contribution in [0.4, 0.5) is 0 Å². The summed E-state index contributed by atoms with van der Waals surface area (Å²) in [5.74, 6) is 0. The molecule has 0 aliphatic heterocycles. The molecule has 1 aromatic heterocycles. The van der Waals surface area contributed by atoms with Crippen LogP contribution in [0, 0.1) is 5.41 Å². The second-order valence-corrected chi connectivity index (χ2v) is 3.68. The summed E-state index contributed by atoms with van der Waals surface area (Å²) in [7, 11) is 1.78. The van der Waals surface area contributed by atoms with E-state index in [0.717, 1.165) is 10.6 Å². The molecule has 4 heteroatoms. The number of aromatic nitrogens is 2. The highest BCUT2D eigenvalue weighted by molar-refractivity contribution is 7.12. The van der Waals surface area contributed by atoms with E-state index in [1.807, 2.05) is 44.2 Å². The Hall–Kier alpha value is -1.42. The Morgan fingerprint density at radius 2 is 1.80 bits per heavy atom. The maximum atomic E-state index is 7.51. The Bertz CT molecular complexity index is 456. The highest BCUT2D eigenvalue weighted by atomic mass is 32.1. The SMILES string of the molecule is CC.Cn1nc(-c2ccccc2)sc1=N. The molecule has 0 amide bonds. The van der Waals surface area contributed by atoms with Crippen LogP contribution in [0.5, 0.6) is 0 Å². The number of hydrogen-bond donors (Lipinski definition) is 1. The van der Waals surface area contributed by atoms with Crippen molar-refractivity contribution in [2.24, 2.45) is 7.05 Å². The summed E-state index contributed by atoms with van der Waals surface area (Å²) in [6.45, 7) is 4.00. The number of rotatable bonds is 1. The van der Waals surface area contributed by atoms with E-state index in [1.165, 1.54) is 11.3 Å². The lowest BCUT2D eigenvalue weighted by atomic mass is 10.2. The maximum absolute atomic E-state index is 7.51. The van der Waals surface area contributed by atoms with E-state index >= 15 is 0 Å². The molecule has 2 aromatic rings. The van der Waals surface area contributed by atoms with Crippen LogP contribution in [0.15, 0.2) is 30.3 Å². The molecular formula is C11H15N3S. The molecule has 0 aliphatic rings. The van der Waals surface area contributed by atoms with E-state index in [-0.39, 0.29) is 0 Å². The molecule has 0 bridgehead atoms. The average molecular weight is 221 g/mol. The van der Waals surface area contributed by atoms with Crippen LogP contribution in [0.2, 0.25) is 0 Å². The third kappa shape index (κ3) is 2.76. The molecule has 1 heterocycles. The smallest absolute Gasteiger partial charge is 0.200 e. The van der Waals surface area contributed by atoms with E-state index in [0.29, 0.717) is 4.80 Å². The monoisotopic (exact) mass is 221 g/mol. The molecule has 0 fully saturated rings. The van der Waals surface area contributed by atoms with Crippen molar-refractivity contribution >= 4 is 11.3 Å². The van der Waals surface area contributed by atoms with Gasteiger partial charge in [-0.15, -0.1) is 0 Å². The molecular weight excluding hydrogens is 206 g/mol. The molecule has 0 saturated carbocycles. The Kier molecular flexibility index (Phi) is 4.24. The van der Waals surface area contributed by atoms with Crippen molar-refractivity contribution in [3.63, 3.8) is 0 Å². The summed E-state index contributed by atoms with van der Waals surface area (Å²) >= 11 is 1.39. The summed E-state index contributed by atoms with van der Waals surface area (Å²) in [4.78, 5) is 0.471. The molecule has 1 aromatic carbocycles. The zero-order valence-corrected chi connectivity index (χ0v) is 10.0. The van der Waals surface area contributed by atoms with E-state index in [2.05, 4.69) is 5.10 Å². The van der Waals surface area contributed by atoms with Crippen LogP contribution >= 0.6 is 11.3 Å². The standard InChI is InChI=1S/C9H9N3S.C2H6/c1-12-9(10)13-8(11-12)7-5-3-2-4-6-7;1-2/h2-6,10H,1H3;1-2H3. The number of benzene rings is 1. The van der Waals surface area contributed by atoms with Gasteiger partial charge >= 0.3 is 0 Å². The normalized spacial score (nSPS) is 9.27. The van der Waals surface area contributed by atoms with Crippen LogP contribution in [-0.4, -0.2) is 9.78 Å². The zero-order chi connectivity index (χ0) is 11.3. The van der Waals surface area contributed by atoms with Crippen molar-refractivity contribution in [1.82, 2.24) is 9.78 Å². The Balaban J connectivity index is 0.000000531. The molecule has 0 radical (unpaired) electrons. The maximum Gasteiger partial charge on any atom is 0.200 e. The van der Waals surface area contributed by atoms with Crippen molar-refractivity contribution in [2.45, 2.75) is 13.8 Å². The van der Waals surface area contributed by atoms with Gasteiger partial charge < -0.3 is 0 Å². The fourth-order valence-electron chi connectivity index (χ4n) is 1.06. The van der Waals surface area contributed by atoms with Crippen molar-refractivity contribution < 1.29 is 0 Å². The first kappa shape index (κ1) is 11.7. The Morgan fingerprint density at radius 3 is 2.27 bits per heavy atom. The van der Waals surface area contributed by atoms with Crippen molar-refractivity contribution in [1.29, 1.82) is 5.41 Å². The van der Waals surface area contributed by atoms with Crippen LogP contribution in [0.3, 0.4) is 0 Å². The number of aryl methyl sites for hydroxylation is 1. The fraction of sp³-hybridized carbons (Fsp3) is 0.273. The molecule has 0 spiro atoms. The van der Waals surface area contributed by atoms with Gasteiger partial charge in [0.15, 0.2) is 4.80 Å².